The average Bonchev–Trinajstić information content (AvgIpc) is 2.91. The van der Waals surface area contributed by atoms with Gasteiger partial charge in [-0.05, 0) is 27.2 Å². The summed E-state index contributed by atoms with van der Waals surface area (Å²) in [5.74, 6) is 0. The summed E-state index contributed by atoms with van der Waals surface area (Å²) in [6.07, 6.45) is -3.41. The number of anilines is 1. The monoisotopic (exact) mass is 337 g/mol. The fourth-order valence-electron chi connectivity index (χ4n) is 2.07. The first kappa shape index (κ1) is 16.9. The highest BCUT2D eigenvalue weighted by molar-refractivity contribution is 7.15. The van der Waals surface area contributed by atoms with Crippen LogP contribution in [0.1, 0.15) is 32.1 Å². The van der Waals surface area contributed by atoms with E-state index in [9.17, 15) is 18.0 Å². The van der Waals surface area contributed by atoms with E-state index in [0.29, 0.717) is 36.0 Å². The maximum Gasteiger partial charge on any atom is 0.427 e. The number of hydrogen-bond donors (Lipinski definition) is 1. The Kier molecular flexibility index (Phi) is 4.55. The van der Waals surface area contributed by atoms with Gasteiger partial charge in [0.1, 0.15) is 10.5 Å². The van der Waals surface area contributed by atoms with Crippen LogP contribution in [-0.2, 0) is 10.9 Å². The van der Waals surface area contributed by atoms with E-state index in [1.165, 1.54) is 0 Å². The molecule has 1 unspecified atom stereocenters. The molecule has 0 saturated carbocycles. The molecule has 1 fully saturated rings. The second-order valence-electron chi connectivity index (χ2n) is 6.08. The molecule has 1 amide bonds. The van der Waals surface area contributed by atoms with Gasteiger partial charge in [-0.3, -0.25) is 0 Å². The molecule has 1 aliphatic heterocycles. The van der Waals surface area contributed by atoms with Crippen LogP contribution in [0.2, 0.25) is 0 Å². The molecule has 0 spiro atoms. The first-order valence-electron chi connectivity index (χ1n) is 6.82. The van der Waals surface area contributed by atoms with E-state index in [-0.39, 0.29) is 6.04 Å². The molecular weight excluding hydrogens is 319 g/mol. The van der Waals surface area contributed by atoms with E-state index in [1.807, 2.05) is 0 Å². The Hall–Kier alpha value is -1.51. The van der Waals surface area contributed by atoms with Crippen molar-refractivity contribution in [3.05, 3.63) is 11.1 Å². The normalized spacial score (nSPS) is 19.4. The van der Waals surface area contributed by atoms with Gasteiger partial charge in [0.05, 0.1) is 12.2 Å². The van der Waals surface area contributed by atoms with Crippen molar-refractivity contribution in [1.29, 1.82) is 0 Å². The third-order valence-corrected chi connectivity index (χ3v) is 4.06. The molecule has 1 atom stereocenters. The predicted octanol–water partition coefficient (Wildman–Crippen LogP) is 3.27. The van der Waals surface area contributed by atoms with Gasteiger partial charge in [0.2, 0.25) is 0 Å². The zero-order valence-electron chi connectivity index (χ0n) is 12.5. The topological polar surface area (TPSA) is 54.5 Å². The molecule has 1 N–H and O–H groups in total. The molecular formula is C13H18F3N3O2S. The van der Waals surface area contributed by atoms with Crippen LogP contribution in [0.3, 0.4) is 0 Å². The molecule has 1 aromatic heterocycles. The van der Waals surface area contributed by atoms with Crippen LogP contribution in [0.4, 0.5) is 23.1 Å². The fraction of sp³-hybridized carbons (Fsp3) is 0.692. The van der Waals surface area contributed by atoms with E-state index < -0.39 is 22.7 Å². The Morgan fingerprint density at radius 3 is 2.68 bits per heavy atom. The van der Waals surface area contributed by atoms with Crippen molar-refractivity contribution < 1.29 is 22.7 Å². The van der Waals surface area contributed by atoms with Crippen LogP contribution < -0.4 is 10.2 Å². The van der Waals surface area contributed by atoms with Crippen LogP contribution in [0.15, 0.2) is 6.20 Å². The molecule has 1 aliphatic rings. The number of thiazole rings is 1. The molecule has 1 saturated heterocycles. The lowest BCUT2D eigenvalue weighted by Gasteiger charge is -2.22. The number of halogens is 3. The Labute approximate surface area is 130 Å². The number of alkyl carbamates (subject to hydrolysis) is 1. The second kappa shape index (κ2) is 5.94. The van der Waals surface area contributed by atoms with Crippen molar-refractivity contribution in [3.8, 4) is 0 Å². The SMILES string of the molecule is CC(C)(C)OC(=O)NC1CCN(c2ncc(C(F)(F)F)s2)C1. The van der Waals surface area contributed by atoms with E-state index in [1.54, 1.807) is 25.7 Å². The number of aromatic nitrogens is 1. The fourth-order valence-corrected chi connectivity index (χ4v) is 2.89. The van der Waals surface area contributed by atoms with E-state index in [4.69, 9.17) is 4.74 Å². The molecule has 124 valence electrons. The van der Waals surface area contributed by atoms with Gasteiger partial charge in [-0.15, -0.1) is 0 Å². The van der Waals surface area contributed by atoms with E-state index in [2.05, 4.69) is 10.3 Å². The highest BCUT2D eigenvalue weighted by Gasteiger charge is 2.35. The van der Waals surface area contributed by atoms with Crippen molar-refractivity contribution in [3.63, 3.8) is 0 Å². The van der Waals surface area contributed by atoms with Gasteiger partial charge in [-0.2, -0.15) is 13.2 Å². The number of carbonyl (C=O) groups excluding carboxylic acids is 1. The predicted molar refractivity (Wildman–Crippen MR) is 77.1 cm³/mol. The zero-order valence-corrected chi connectivity index (χ0v) is 13.3. The Morgan fingerprint density at radius 1 is 1.45 bits per heavy atom. The van der Waals surface area contributed by atoms with Crippen LogP contribution in [-0.4, -0.2) is 35.8 Å². The minimum atomic E-state index is -4.37. The lowest BCUT2D eigenvalue weighted by Crippen LogP contribution is -2.40. The Balaban J connectivity index is 1.90. The number of amides is 1. The number of ether oxygens (including phenoxy) is 1. The molecule has 0 radical (unpaired) electrons. The van der Waals surface area contributed by atoms with Gasteiger partial charge < -0.3 is 15.0 Å². The smallest absolute Gasteiger partial charge is 0.427 e. The molecule has 2 heterocycles. The summed E-state index contributed by atoms with van der Waals surface area (Å²) in [4.78, 5) is 16.5. The van der Waals surface area contributed by atoms with E-state index >= 15 is 0 Å². The van der Waals surface area contributed by atoms with Crippen molar-refractivity contribution >= 4 is 22.6 Å². The zero-order chi connectivity index (χ0) is 16.5. The van der Waals surface area contributed by atoms with Crippen molar-refractivity contribution in [2.75, 3.05) is 18.0 Å². The van der Waals surface area contributed by atoms with Gasteiger partial charge in [0.25, 0.3) is 0 Å². The summed E-state index contributed by atoms with van der Waals surface area (Å²) < 4.78 is 42.9. The Morgan fingerprint density at radius 2 is 2.14 bits per heavy atom. The highest BCUT2D eigenvalue weighted by Crippen LogP contribution is 2.37. The third-order valence-electron chi connectivity index (χ3n) is 2.95. The van der Waals surface area contributed by atoms with Gasteiger partial charge >= 0.3 is 12.3 Å². The van der Waals surface area contributed by atoms with Crippen molar-refractivity contribution in [1.82, 2.24) is 10.3 Å². The second-order valence-corrected chi connectivity index (χ2v) is 7.09. The van der Waals surface area contributed by atoms with Crippen LogP contribution >= 0.6 is 11.3 Å². The summed E-state index contributed by atoms with van der Waals surface area (Å²) in [6.45, 7) is 6.26. The minimum absolute atomic E-state index is 0.159. The quantitative estimate of drug-likeness (QED) is 0.900. The number of rotatable bonds is 2. The molecule has 22 heavy (non-hydrogen) atoms. The summed E-state index contributed by atoms with van der Waals surface area (Å²) in [7, 11) is 0. The summed E-state index contributed by atoms with van der Waals surface area (Å²) >= 11 is 0.614. The van der Waals surface area contributed by atoms with E-state index in [0.717, 1.165) is 6.20 Å². The average molecular weight is 337 g/mol. The summed E-state index contributed by atoms with van der Waals surface area (Å²) in [6, 6.07) is -0.159. The van der Waals surface area contributed by atoms with Crippen LogP contribution in [0, 0.1) is 0 Å². The highest BCUT2D eigenvalue weighted by atomic mass is 32.1. The van der Waals surface area contributed by atoms with Crippen LogP contribution in [0.5, 0.6) is 0 Å². The molecule has 0 aromatic carbocycles. The number of nitrogens with zero attached hydrogens (tertiary/aromatic N) is 2. The number of hydrogen-bond acceptors (Lipinski definition) is 5. The summed E-state index contributed by atoms with van der Waals surface area (Å²) in [5, 5.41) is 3.04. The Bertz CT molecular complexity index is 539. The first-order valence-corrected chi connectivity index (χ1v) is 7.64. The number of alkyl halides is 3. The van der Waals surface area contributed by atoms with Gasteiger partial charge in [0.15, 0.2) is 5.13 Å². The van der Waals surface area contributed by atoms with Gasteiger partial charge in [-0.25, -0.2) is 9.78 Å². The van der Waals surface area contributed by atoms with Crippen molar-refractivity contribution in [2.45, 2.75) is 45.0 Å². The molecule has 5 nitrogen and oxygen atoms in total. The molecule has 0 aliphatic carbocycles. The van der Waals surface area contributed by atoms with Crippen molar-refractivity contribution in [2.24, 2.45) is 0 Å². The molecule has 1 aromatic rings. The molecule has 0 bridgehead atoms. The first-order chi connectivity index (χ1) is 10.0. The standard InChI is InChI=1S/C13H18F3N3O2S/c1-12(2,3)21-11(20)18-8-4-5-19(7-8)10-17-6-9(22-10)13(14,15)16/h6,8H,4-5,7H2,1-3H3,(H,18,20). The number of carbonyl (C=O) groups is 1. The number of nitrogens with one attached hydrogen (secondary N) is 1. The van der Waals surface area contributed by atoms with Gasteiger partial charge in [0, 0.05) is 13.1 Å². The van der Waals surface area contributed by atoms with Crippen LogP contribution in [0.25, 0.3) is 0 Å². The lowest BCUT2D eigenvalue weighted by molar-refractivity contribution is -0.134. The minimum Gasteiger partial charge on any atom is -0.444 e. The maximum absolute atomic E-state index is 12.6. The van der Waals surface area contributed by atoms with Gasteiger partial charge in [-0.1, -0.05) is 11.3 Å². The lowest BCUT2D eigenvalue weighted by atomic mass is 10.2. The molecule has 2 rings (SSSR count). The maximum atomic E-state index is 12.6. The summed E-state index contributed by atoms with van der Waals surface area (Å²) in [5.41, 5.74) is -0.584. The molecule has 9 heteroatoms. The third kappa shape index (κ3) is 4.49. The largest absolute Gasteiger partial charge is 0.444 e.